The lowest BCUT2D eigenvalue weighted by Crippen LogP contribution is -2.27. The van der Waals surface area contributed by atoms with Gasteiger partial charge in [-0.15, -0.1) is 0 Å². The van der Waals surface area contributed by atoms with Crippen LogP contribution < -0.4 is 5.32 Å². The SMILES string of the molecule is CN(Cc1ccccc1)C(=O)c1ccccc1NC(=O)CCC1CCCCC1. The van der Waals surface area contributed by atoms with Gasteiger partial charge in [-0.3, -0.25) is 9.59 Å². The molecule has 0 atom stereocenters. The molecular weight excluding hydrogens is 348 g/mol. The van der Waals surface area contributed by atoms with Crippen LogP contribution in [0.2, 0.25) is 0 Å². The molecule has 148 valence electrons. The largest absolute Gasteiger partial charge is 0.337 e. The van der Waals surface area contributed by atoms with Crippen LogP contribution in [0.5, 0.6) is 0 Å². The molecule has 0 radical (unpaired) electrons. The first kappa shape index (κ1) is 20.1. The van der Waals surface area contributed by atoms with E-state index < -0.39 is 0 Å². The predicted molar refractivity (Wildman–Crippen MR) is 113 cm³/mol. The molecule has 0 bridgehead atoms. The van der Waals surface area contributed by atoms with Crippen LogP contribution in [0, 0.1) is 5.92 Å². The normalized spacial score (nSPS) is 14.5. The molecule has 3 rings (SSSR count). The molecule has 0 saturated heterocycles. The lowest BCUT2D eigenvalue weighted by molar-refractivity contribution is -0.116. The van der Waals surface area contributed by atoms with Gasteiger partial charge in [0.25, 0.3) is 5.91 Å². The van der Waals surface area contributed by atoms with Gasteiger partial charge in [0.15, 0.2) is 0 Å². The van der Waals surface area contributed by atoms with Crippen LogP contribution in [0.4, 0.5) is 5.69 Å². The molecule has 1 aliphatic rings. The molecule has 2 aromatic rings. The lowest BCUT2D eigenvalue weighted by atomic mass is 9.86. The fraction of sp³-hybridized carbons (Fsp3) is 0.417. The minimum Gasteiger partial charge on any atom is -0.337 e. The van der Waals surface area contributed by atoms with Gasteiger partial charge in [0, 0.05) is 20.0 Å². The van der Waals surface area contributed by atoms with Gasteiger partial charge in [-0.1, -0.05) is 74.6 Å². The first-order chi connectivity index (χ1) is 13.6. The van der Waals surface area contributed by atoms with E-state index in [4.69, 9.17) is 0 Å². The second-order valence-electron chi connectivity index (χ2n) is 7.78. The van der Waals surface area contributed by atoms with E-state index in [1.165, 1.54) is 32.1 Å². The van der Waals surface area contributed by atoms with Gasteiger partial charge < -0.3 is 10.2 Å². The van der Waals surface area contributed by atoms with Gasteiger partial charge in [0.2, 0.25) is 5.91 Å². The van der Waals surface area contributed by atoms with E-state index >= 15 is 0 Å². The van der Waals surface area contributed by atoms with Crippen LogP contribution in [-0.4, -0.2) is 23.8 Å². The van der Waals surface area contributed by atoms with E-state index in [0.29, 0.717) is 30.1 Å². The molecule has 4 nitrogen and oxygen atoms in total. The molecule has 1 saturated carbocycles. The number of hydrogen-bond acceptors (Lipinski definition) is 2. The highest BCUT2D eigenvalue weighted by Crippen LogP contribution is 2.27. The van der Waals surface area contributed by atoms with E-state index in [0.717, 1.165) is 12.0 Å². The summed E-state index contributed by atoms with van der Waals surface area (Å²) in [5, 5.41) is 2.96. The van der Waals surface area contributed by atoms with Gasteiger partial charge in [0.1, 0.15) is 0 Å². The summed E-state index contributed by atoms with van der Waals surface area (Å²) in [5.74, 6) is 0.581. The third-order valence-corrected chi connectivity index (χ3v) is 5.55. The summed E-state index contributed by atoms with van der Waals surface area (Å²) in [6.07, 6.45) is 7.85. The van der Waals surface area contributed by atoms with Crippen LogP contribution in [0.15, 0.2) is 54.6 Å². The zero-order valence-corrected chi connectivity index (χ0v) is 16.7. The van der Waals surface area contributed by atoms with Crippen molar-refractivity contribution < 1.29 is 9.59 Å². The monoisotopic (exact) mass is 378 g/mol. The van der Waals surface area contributed by atoms with Crippen molar-refractivity contribution >= 4 is 17.5 Å². The Balaban J connectivity index is 1.60. The molecule has 2 amide bonds. The van der Waals surface area contributed by atoms with E-state index in [2.05, 4.69) is 5.32 Å². The zero-order chi connectivity index (χ0) is 19.8. The maximum Gasteiger partial charge on any atom is 0.256 e. The number of rotatable bonds is 7. The highest BCUT2D eigenvalue weighted by Gasteiger charge is 2.18. The van der Waals surface area contributed by atoms with Crippen molar-refractivity contribution in [2.45, 2.75) is 51.5 Å². The molecule has 0 unspecified atom stereocenters. The Morgan fingerprint density at radius 3 is 2.39 bits per heavy atom. The predicted octanol–water partition coefficient (Wildman–Crippen LogP) is 5.26. The summed E-state index contributed by atoms with van der Waals surface area (Å²) in [6, 6.07) is 17.2. The van der Waals surface area contributed by atoms with Crippen LogP contribution in [0.25, 0.3) is 0 Å². The molecule has 0 aromatic heterocycles. The summed E-state index contributed by atoms with van der Waals surface area (Å²) in [6.45, 7) is 0.531. The summed E-state index contributed by atoms with van der Waals surface area (Å²) in [5.41, 5.74) is 2.21. The number of hydrogen-bond donors (Lipinski definition) is 1. The van der Waals surface area contributed by atoms with Gasteiger partial charge >= 0.3 is 0 Å². The zero-order valence-electron chi connectivity index (χ0n) is 16.7. The smallest absolute Gasteiger partial charge is 0.256 e. The second-order valence-corrected chi connectivity index (χ2v) is 7.78. The van der Waals surface area contributed by atoms with Crippen molar-refractivity contribution in [3.05, 3.63) is 65.7 Å². The molecule has 0 aliphatic heterocycles. The molecular formula is C24H30N2O2. The number of anilines is 1. The first-order valence-corrected chi connectivity index (χ1v) is 10.3. The Morgan fingerprint density at radius 2 is 1.64 bits per heavy atom. The number of benzene rings is 2. The number of carbonyl (C=O) groups excluding carboxylic acids is 2. The first-order valence-electron chi connectivity index (χ1n) is 10.3. The quantitative estimate of drug-likeness (QED) is 0.714. The Kier molecular flexibility index (Phi) is 7.24. The Labute approximate surface area is 167 Å². The molecule has 1 N–H and O–H groups in total. The number of amides is 2. The van der Waals surface area contributed by atoms with E-state index in [9.17, 15) is 9.59 Å². The van der Waals surface area contributed by atoms with Crippen LogP contribution in [0.1, 0.15) is 60.9 Å². The highest BCUT2D eigenvalue weighted by molar-refractivity contribution is 6.03. The molecule has 0 heterocycles. The minimum absolute atomic E-state index is 0.00321. The lowest BCUT2D eigenvalue weighted by Gasteiger charge is -2.21. The van der Waals surface area contributed by atoms with Crippen LogP contribution in [0.3, 0.4) is 0 Å². The minimum atomic E-state index is -0.0907. The second kappa shape index (κ2) is 10.1. The van der Waals surface area contributed by atoms with E-state index in [1.54, 1.807) is 18.0 Å². The Bertz CT molecular complexity index is 782. The van der Waals surface area contributed by atoms with E-state index in [1.807, 2.05) is 48.5 Å². The van der Waals surface area contributed by atoms with Crippen molar-refractivity contribution in [3.8, 4) is 0 Å². The van der Waals surface area contributed by atoms with Gasteiger partial charge in [-0.25, -0.2) is 0 Å². The fourth-order valence-electron chi connectivity index (χ4n) is 3.94. The molecule has 28 heavy (non-hydrogen) atoms. The number of nitrogens with zero attached hydrogens (tertiary/aromatic N) is 1. The molecule has 2 aromatic carbocycles. The average molecular weight is 379 g/mol. The average Bonchev–Trinajstić information content (AvgIpc) is 2.73. The molecule has 1 fully saturated rings. The molecule has 4 heteroatoms. The third-order valence-electron chi connectivity index (χ3n) is 5.55. The van der Waals surface area contributed by atoms with Gasteiger partial charge in [0.05, 0.1) is 11.3 Å². The highest BCUT2D eigenvalue weighted by atomic mass is 16.2. The standard InChI is InChI=1S/C24H30N2O2/c1-26(18-20-12-6-3-7-13-20)24(28)21-14-8-9-15-22(21)25-23(27)17-16-19-10-4-2-5-11-19/h3,6-9,12-15,19H,2,4-5,10-11,16-18H2,1H3,(H,25,27). The van der Waals surface area contributed by atoms with Crippen LogP contribution >= 0.6 is 0 Å². The van der Waals surface area contributed by atoms with Gasteiger partial charge in [-0.2, -0.15) is 0 Å². The summed E-state index contributed by atoms with van der Waals surface area (Å²) < 4.78 is 0. The maximum absolute atomic E-state index is 12.9. The van der Waals surface area contributed by atoms with Crippen molar-refractivity contribution in [2.75, 3.05) is 12.4 Å². The topological polar surface area (TPSA) is 49.4 Å². The van der Waals surface area contributed by atoms with Gasteiger partial charge in [-0.05, 0) is 30.0 Å². The fourth-order valence-corrected chi connectivity index (χ4v) is 3.94. The van der Waals surface area contributed by atoms with Crippen LogP contribution in [-0.2, 0) is 11.3 Å². The number of para-hydroxylation sites is 1. The Morgan fingerprint density at radius 1 is 0.964 bits per heavy atom. The van der Waals surface area contributed by atoms with Crippen molar-refractivity contribution in [1.82, 2.24) is 4.90 Å². The number of nitrogens with one attached hydrogen (secondary N) is 1. The summed E-state index contributed by atoms with van der Waals surface area (Å²) in [7, 11) is 1.79. The summed E-state index contributed by atoms with van der Waals surface area (Å²) >= 11 is 0. The number of carbonyl (C=O) groups is 2. The van der Waals surface area contributed by atoms with Crippen molar-refractivity contribution in [2.24, 2.45) is 5.92 Å². The van der Waals surface area contributed by atoms with Crippen molar-refractivity contribution in [1.29, 1.82) is 0 Å². The maximum atomic E-state index is 12.9. The third kappa shape index (κ3) is 5.69. The Hall–Kier alpha value is -2.62. The molecule has 0 spiro atoms. The summed E-state index contributed by atoms with van der Waals surface area (Å²) in [4.78, 5) is 27.1. The van der Waals surface area contributed by atoms with Crippen molar-refractivity contribution in [3.63, 3.8) is 0 Å². The molecule has 1 aliphatic carbocycles. The van der Waals surface area contributed by atoms with E-state index in [-0.39, 0.29) is 11.8 Å².